The number of carboxylic acids is 1. The molecule has 0 aliphatic carbocycles. The van der Waals surface area contributed by atoms with Gasteiger partial charge in [-0.2, -0.15) is 18.2 Å². The Balaban J connectivity index is 0.000000541. The monoisotopic (exact) mass is 644 g/mol. The second kappa shape index (κ2) is 12.9. The number of fused-ring (bicyclic) bond motifs is 1. The zero-order chi connectivity index (χ0) is 31.5. The number of amides is 1. The second-order valence-electron chi connectivity index (χ2n) is 9.09. The van der Waals surface area contributed by atoms with E-state index in [-0.39, 0.29) is 21.3 Å². The maximum Gasteiger partial charge on any atom is 0.490 e. The van der Waals surface area contributed by atoms with E-state index >= 15 is 0 Å². The molecule has 1 amide bonds. The Morgan fingerprint density at radius 1 is 1.12 bits per heavy atom. The van der Waals surface area contributed by atoms with Gasteiger partial charge in [0, 0.05) is 56.8 Å². The van der Waals surface area contributed by atoms with Crippen LogP contribution in [0.15, 0.2) is 47.5 Å². The highest BCUT2D eigenvalue weighted by Gasteiger charge is 2.38. The molecule has 1 aromatic carbocycles. The zero-order valence-electron chi connectivity index (χ0n) is 22.2. The van der Waals surface area contributed by atoms with Gasteiger partial charge < -0.3 is 24.6 Å². The van der Waals surface area contributed by atoms with Crippen LogP contribution in [0.5, 0.6) is 5.88 Å². The summed E-state index contributed by atoms with van der Waals surface area (Å²) in [4.78, 5) is 49.1. The average molecular weight is 645 g/mol. The number of nitrogens with zero attached hydrogens (tertiary/aromatic N) is 5. The smallest absolute Gasteiger partial charge is 0.481 e. The average Bonchev–Trinajstić information content (AvgIpc) is 3.29. The molecule has 0 atom stereocenters. The Labute approximate surface area is 250 Å². The van der Waals surface area contributed by atoms with E-state index in [4.69, 9.17) is 37.8 Å². The van der Waals surface area contributed by atoms with Crippen LogP contribution in [-0.2, 0) is 11.2 Å². The summed E-state index contributed by atoms with van der Waals surface area (Å²) in [5, 5.41) is 7.59. The van der Waals surface area contributed by atoms with Gasteiger partial charge in [0.25, 0.3) is 11.5 Å². The van der Waals surface area contributed by atoms with E-state index in [9.17, 15) is 27.2 Å². The van der Waals surface area contributed by atoms with Gasteiger partial charge in [-0.05, 0) is 23.8 Å². The summed E-state index contributed by atoms with van der Waals surface area (Å²) in [6.45, 7) is 1.78. The Hall–Kier alpha value is -4.37. The molecule has 4 heterocycles. The third-order valence-electron chi connectivity index (χ3n) is 6.35. The molecule has 17 heteroatoms. The van der Waals surface area contributed by atoms with Crippen molar-refractivity contribution in [2.24, 2.45) is 0 Å². The van der Waals surface area contributed by atoms with Crippen molar-refractivity contribution in [3.05, 3.63) is 85.9 Å². The van der Waals surface area contributed by atoms with Crippen LogP contribution in [0.1, 0.15) is 21.6 Å². The largest absolute Gasteiger partial charge is 0.490 e. The molecule has 1 aliphatic rings. The van der Waals surface area contributed by atoms with Crippen LogP contribution < -0.4 is 15.2 Å². The van der Waals surface area contributed by atoms with E-state index in [0.717, 1.165) is 0 Å². The van der Waals surface area contributed by atoms with Gasteiger partial charge >= 0.3 is 12.1 Å². The van der Waals surface area contributed by atoms with E-state index in [1.54, 1.807) is 27.6 Å². The summed E-state index contributed by atoms with van der Waals surface area (Å²) in [6, 6.07) is 7.55. The van der Waals surface area contributed by atoms with Crippen molar-refractivity contribution in [1.29, 1.82) is 0 Å². The number of carbonyl (C=O) groups excluding carboxylic acids is 1. The van der Waals surface area contributed by atoms with Crippen molar-refractivity contribution >= 4 is 46.5 Å². The first-order valence-corrected chi connectivity index (χ1v) is 13.1. The molecular weight excluding hydrogens is 623 g/mol. The van der Waals surface area contributed by atoms with E-state index in [1.807, 2.05) is 4.90 Å². The van der Waals surface area contributed by atoms with Crippen LogP contribution in [0.4, 0.5) is 23.5 Å². The summed E-state index contributed by atoms with van der Waals surface area (Å²) in [5.41, 5.74) is 1.27. The number of hydrogen-bond acceptors (Lipinski definition) is 7. The number of methoxy groups -OCH3 is 1. The number of hydrogen-bond donors (Lipinski definition) is 2. The minimum Gasteiger partial charge on any atom is -0.481 e. The molecule has 0 unspecified atom stereocenters. The highest BCUT2D eigenvalue weighted by molar-refractivity contribution is 6.42. The van der Waals surface area contributed by atoms with Crippen LogP contribution >= 0.6 is 23.2 Å². The number of H-pyrrole nitrogens is 1. The fourth-order valence-electron chi connectivity index (χ4n) is 4.26. The summed E-state index contributed by atoms with van der Waals surface area (Å²) in [6.07, 6.45) is -1.65. The van der Waals surface area contributed by atoms with Crippen LogP contribution in [-0.4, -0.2) is 80.7 Å². The summed E-state index contributed by atoms with van der Waals surface area (Å²) in [7, 11) is 1.54. The molecule has 11 nitrogen and oxygen atoms in total. The fraction of sp³-hybridized carbons (Fsp3) is 0.269. The van der Waals surface area contributed by atoms with Gasteiger partial charge in [-0.1, -0.05) is 29.3 Å². The summed E-state index contributed by atoms with van der Waals surface area (Å²) in [5.74, 6) is -2.77. The lowest BCUT2D eigenvalue weighted by atomic mass is 10.0. The molecule has 0 saturated carbocycles. The van der Waals surface area contributed by atoms with E-state index < -0.39 is 23.9 Å². The topological polar surface area (TPSA) is 133 Å². The number of carbonyl (C=O) groups is 2. The molecule has 0 bridgehead atoms. The molecule has 0 spiro atoms. The van der Waals surface area contributed by atoms with Gasteiger partial charge in [-0.25, -0.2) is 14.2 Å². The third-order valence-corrected chi connectivity index (χ3v) is 7.11. The minimum absolute atomic E-state index is 0.0177. The SMILES string of the molecule is COc1ccnc(N2CCN(C(=O)c3cc(Cc4c[nH]c(=O)c5cc(Cl)c(Cl)n45)ccc3F)CC2)n1.O=C(O)C(F)(F)F. The third kappa shape index (κ3) is 7.17. The number of aromatic nitrogens is 4. The summed E-state index contributed by atoms with van der Waals surface area (Å²) < 4.78 is 53.2. The van der Waals surface area contributed by atoms with Crippen molar-refractivity contribution < 1.29 is 37.0 Å². The van der Waals surface area contributed by atoms with Crippen molar-refractivity contribution in [2.75, 3.05) is 38.2 Å². The lowest BCUT2D eigenvalue weighted by molar-refractivity contribution is -0.192. The molecule has 228 valence electrons. The first-order valence-electron chi connectivity index (χ1n) is 12.4. The number of rotatable bonds is 5. The Morgan fingerprint density at radius 3 is 2.42 bits per heavy atom. The first kappa shape index (κ1) is 31.6. The molecule has 4 aromatic rings. The highest BCUT2D eigenvalue weighted by Crippen LogP contribution is 2.27. The maximum atomic E-state index is 14.7. The van der Waals surface area contributed by atoms with Gasteiger partial charge in [0.15, 0.2) is 0 Å². The molecule has 1 fully saturated rings. The highest BCUT2D eigenvalue weighted by atomic mass is 35.5. The second-order valence-corrected chi connectivity index (χ2v) is 9.85. The van der Waals surface area contributed by atoms with Crippen LogP contribution in [0.25, 0.3) is 5.52 Å². The lowest BCUT2D eigenvalue weighted by Crippen LogP contribution is -2.49. The molecule has 2 N–H and O–H groups in total. The summed E-state index contributed by atoms with van der Waals surface area (Å²) >= 11 is 12.4. The number of benzene rings is 1. The molecular formula is C26H22Cl2F4N6O5. The van der Waals surface area contributed by atoms with Crippen molar-refractivity contribution in [3.8, 4) is 5.88 Å². The number of ether oxygens (including phenoxy) is 1. The maximum absolute atomic E-state index is 14.7. The normalized spacial score (nSPS) is 13.5. The van der Waals surface area contributed by atoms with Crippen LogP contribution in [0.2, 0.25) is 10.2 Å². The molecule has 3 aromatic heterocycles. The van der Waals surface area contributed by atoms with E-state index in [2.05, 4.69) is 15.0 Å². The number of carboxylic acid groups (broad SMARTS) is 1. The number of nitrogens with one attached hydrogen (secondary N) is 1. The Morgan fingerprint density at radius 2 is 1.79 bits per heavy atom. The van der Waals surface area contributed by atoms with Crippen molar-refractivity contribution in [1.82, 2.24) is 24.3 Å². The number of alkyl halides is 3. The predicted molar refractivity (Wildman–Crippen MR) is 148 cm³/mol. The lowest BCUT2D eigenvalue weighted by Gasteiger charge is -2.34. The minimum atomic E-state index is -5.08. The molecule has 0 radical (unpaired) electrons. The predicted octanol–water partition coefficient (Wildman–Crippen LogP) is 4.06. The standard InChI is InChI=1S/C24H21Cl2FN6O3.C2HF3O2/c1-36-20-4-5-28-24(30-20)32-8-6-31(7-9-32)23(35)16-11-14(2-3-18(16)27)10-15-13-29-22(34)19-12-17(25)21(26)33(15)19;3-2(4,5)1(6)7/h2-5,11-13H,6-10H2,1H3,(H,29,34);(H,6,7). The van der Waals surface area contributed by atoms with Gasteiger partial charge in [0.1, 0.15) is 16.5 Å². The van der Waals surface area contributed by atoms with E-state index in [0.29, 0.717) is 61.2 Å². The number of halogens is 6. The van der Waals surface area contributed by atoms with E-state index in [1.165, 1.54) is 31.5 Å². The zero-order valence-corrected chi connectivity index (χ0v) is 23.7. The van der Waals surface area contributed by atoms with Gasteiger partial charge in [-0.3, -0.25) is 14.0 Å². The molecule has 1 aliphatic heterocycles. The first-order chi connectivity index (χ1) is 20.3. The number of aromatic amines is 1. The van der Waals surface area contributed by atoms with Crippen LogP contribution in [0, 0.1) is 5.82 Å². The van der Waals surface area contributed by atoms with Gasteiger partial charge in [0.05, 0.1) is 17.7 Å². The number of aliphatic carboxylic acids is 1. The van der Waals surface area contributed by atoms with Crippen molar-refractivity contribution in [3.63, 3.8) is 0 Å². The quantitative estimate of drug-likeness (QED) is 0.311. The molecule has 43 heavy (non-hydrogen) atoms. The Bertz CT molecular complexity index is 1720. The Kier molecular flexibility index (Phi) is 9.45. The molecule has 5 rings (SSSR count). The van der Waals surface area contributed by atoms with Crippen LogP contribution in [0.3, 0.4) is 0 Å². The van der Waals surface area contributed by atoms with Gasteiger partial charge in [-0.15, -0.1) is 0 Å². The fourth-order valence-corrected chi connectivity index (χ4v) is 4.70. The van der Waals surface area contributed by atoms with Gasteiger partial charge in [0.2, 0.25) is 11.8 Å². The molecule has 1 saturated heterocycles. The number of anilines is 1. The van der Waals surface area contributed by atoms with Crippen molar-refractivity contribution in [2.45, 2.75) is 12.6 Å². The number of piperazine rings is 1.